The Bertz CT molecular complexity index is 1060. The van der Waals surface area contributed by atoms with Crippen LogP contribution in [0.15, 0.2) is 77.7 Å². The average molecular weight is 438 g/mol. The third kappa shape index (κ3) is 6.38. The highest BCUT2D eigenvalue weighted by Crippen LogP contribution is 2.32. The van der Waals surface area contributed by atoms with Crippen molar-refractivity contribution in [1.29, 1.82) is 0 Å². The number of nitrogens with two attached hydrogens (primary N) is 1. The predicted molar refractivity (Wildman–Crippen MR) is 125 cm³/mol. The van der Waals surface area contributed by atoms with Crippen LogP contribution in [0.5, 0.6) is 11.5 Å². The third-order valence-corrected chi connectivity index (χ3v) is 4.67. The van der Waals surface area contributed by atoms with Gasteiger partial charge >= 0.3 is 0 Å². The Hall–Kier alpha value is -3.74. The summed E-state index contributed by atoms with van der Waals surface area (Å²) in [7, 11) is 0. The number of fused-ring (bicyclic) bond motifs is 1. The van der Waals surface area contributed by atoms with E-state index in [1.807, 2.05) is 6.08 Å². The number of allylic oxidation sites excluding steroid dienone is 3. The number of para-hydroxylation sites is 1. The molecule has 168 valence electrons. The molecular formula is C25H28FN3O3. The molecule has 1 aliphatic heterocycles. The molecule has 6 nitrogen and oxygen atoms in total. The molecule has 0 fully saturated rings. The van der Waals surface area contributed by atoms with E-state index < -0.39 is 0 Å². The van der Waals surface area contributed by atoms with Gasteiger partial charge in [-0.15, -0.1) is 0 Å². The van der Waals surface area contributed by atoms with Crippen molar-refractivity contribution >= 4 is 17.3 Å². The Morgan fingerprint density at radius 2 is 1.84 bits per heavy atom. The highest BCUT2D eigenvalue weighted by atomic mass is 19.1. The normalized spacial score (nSPS) is 14.2. The molecule has 0 spiro atoms. The largest absolute Gasteiger partial charge is 0.486 e. The van der Waals surface area contributed by atoms with E-state index in [1.165, 1.54) is 6.07 Å². The van der Waals surface area contributed by atoms with E-state index in [4.69, 9.17) is 15.2 Å². The van der Waals surface area contributed by atoms with Crippen molar-refractivity contribution in [3.05, 3.63) is 83.5 Å². The van der Waals surface area contributed by atoms with E-state index in [0.29, 0.717) is 53.1 Å². The Morgan fingerprint density at radius 3 is 2.59 bits per heavy atom. The standard InChI is InChI=1S/C25H28FN3O3/c1-3-4-7-19(28-22-9-6-5-8-21(22)26)15-18(27)14-17(2)25(30)29-20-10-11-23-24(16-20)32-13-12-31-23/h5-11,14-16,28H,3-4,12-13,27H2,1-2H3,(H,29,30)/b17-14+,18-15+,19-7-. The van der Waals surface area contributed by atoms with Gasteiger partial charge in [0.15, 0.2) is 11.5 Å². The van der Waals surface area contributed by atoms with Crippen LogP contribution < -0.4 is 25.8 Å². The summed E-state index contributed by atoms with van der Waals surface area (Å²) in [6.07, 6.45) is 6.94. The molecule has 1 amide bonds. The number of hydrogen-bond acceptors (Lipinski definition) is 5. The van der Waals surface area contributed by atoms with Gasteiger partial charge in [-0.1, -0.05) is 31.6 Å². The fourth-order valence-corrected chi connectivity index (χ4v) is 3.05. The molecule has 2 aromatic rings. The molecule has 0 atom stereocenters. The second kappa shape index (κ2) is 11.0. The minimum Gasteiger partial charge on any atom is -0.486 e. The molecule has 0 aromatic heterocycles. The zero-order valence-corrected chi connectivity index (χ0v) is 18.3. The van der Waals surface area contributed by atoms with Gasteiger partial charge in [-0.05, 0) is 49.8 Å². The number of benzene rings is 2. The van der Waals surface area contributed by atoms with Gasteiger partial charge in [0.25, 0.3) is 5.91 Å². The molecule has 1 aliphatic rings. The fourth-order valence-electron chi connectivity index (χ4n) is 3.05. The van der Waals surface area contributed by atoms with Crippen molar-refractivity contribution in [2.24, 2.45) is 5.73 Å². The van der Waals surface area contributed by atoms with E-state index in [0.717, 1.165) is 12.8 Å². The molecule has 1 heterocycles. The highest BCUT2D eigenvalue weighted by Gasteiger charge is 2.13. The first-order valence-electron chi connectivity index (χ1n) is 10.5. The minimum atomic E-state index is -0.354. The van der Waals surface area contributed by atoms with Gasteiger partial charge in [0.05, 0.1) is 5.69 Å². The lowest BCUT2D eigenvalue weighted by Gasteiger charge is -2.19. The lowest BCUT2D eigenvalue weighted by Crippen LogP contribution is -2.17. The average Bonchev–Trinajstić information content (AvgIpc) is 2.78. The van der Waals surface area contributed by atoms with E-state index in [1.54, 1.807) is 55.5 Å². The molecule has 0 saturated heterocycles. The van der Waals surface area contributed by atoms with Gasteiger partial charge in [-0.25, -0.2) is 4.39 Å². The zero-order valence-electron chi connectivity index (χ0n) is 18.3. The number of ether oxygens (including phenoxy) is 2. The maximum atomic E-state index is 14.0. The maximum absolute atomic E-state index is 14.0. The molecule has 0 aliphatic carbocycles. The number of hydrogen-bond donors (Lipinski definition) is 3. The van der Waals surface area contributed by atoms with Gasteiger partial charge < -0.3 is 25.8 Å². The van der Waals surface area contributed by atoms with Crippen LogP contribution in [-0.4, -0.2) is 19.1 Å². The topological polar surface area (TPSA) is 85.6 Å². The van der Waals surface area contributed by atoms with Crippen LogP contribution in [0.3, 0.4) is 0 Å². The van der Waals surface area contributed by atoms with Crippen LogP contribution in [0, 0.1) is 5.82 Å². The Morgan fingerprint density at radius 1 is 1.09 bits per heavy atom. The number of unbranched alkanes of at least 4 members (excludes halogenated alkanes) is 1. The number of rotatable bonds is 8. The van der Waals surface area contributed by atoms with Crippen LogP contribution in [0.1, 0.15) is 26.7 Å². The van der Waals surface area contributed by atoms with Crippen LogP contribution in [0.2, 0.25) is 0 Å². The number of nitrogens with one attached hydrogen (secondary N) is 2. The number of anilines is 2. The van der Waals surface area contributed by atoms with Crippen molar-refractivity contribution in [3.63, 3.8) is 0 Å². The quantitative estimate of drug-likeness (QED) is 0.394. The first-order chi connectivity index (χ1) is 15.5. The summed E-state index contributed by atoms with van der Waals surface area (Å²) in [6, 6.07) is 11.7. The Balaban J connectivity index is 1.71. The molecule has 2 aromatic carbocycles. The molecule has 4 N–H and O–H groups in total. The summed E-state index contributed by atoms with van der Waals surface area (Å²) in [5.74, 6) is 0.606. The lowest BCUT2D eigenvalue weighted by molar-refractivity contribution is -0.112. The van der Waals surface area contributed by atoms with E-state index >= 15 is 0 Å². The highest BCUT2D eigenvalue weighted by molar-refractivity contribution is 6.03. The van der Waals surface area contributed by atoms with Gasteiger partial charge in [-0.2, -0.15) is 0 Å². The molecule has 0 saturated carbocycles. The second-order valence-electron chi connectivity index (χ2n) is 7.34. The summed E-state index contributed by atoms with van der Waals surface area (Å²) < 4.78 is 25.0. The van der Waals surface area contributed by atoms with Crippen molar-refractivity contribution in [2.75, 3.05) is 23.8 Å². The van der Waals surface area contributed by atoms with Crippen LogP contribution in [0.25, 0.3) is 0 Å². The van der Waals surface area contributed by atoms with E-state index in [-0.39, 0.29) is 11.7 Å². The second-order valence-corrected chi connectivity index (χ2v) is 7.34. The van der Waals surface area contributed by atoms with Crippen LogP contribution in [0.4, 0.5) is 15.8 Å². The van der Waals surface area contributed by atoms with Crippen molar-refractivity contribution in [3.8, 4) is 11.5 Å². The summed E-state index contributed by atoms with van der Waals surface area (Å²) in [5, 5.41) is 5.89. The number of carbonyl (C=O) groups excluding carboxylic acids is 1. The van der Waals surface area contributed by atoms with E-state index in [2.05, 4.69) is 17.6 Å². The maximum Gasteiger partial charge on any atom is 0.251 e. The van der Waals surface area contributed by atoms with E-state index in [9.17, 15) is 9.18 Å². The number of amides is 1. The summed E-state index contributed by atoms with van der Waals surface area (Å²) in [4.78, 5) is 12.6. The van der Waals surface area contributed by atoms with Crippen LogP contribution in [-0.2, 0) is 4.79 Å². The molecule has 7 heteroatoms. The molecule has 3 rings (SSSR count). The predicted octanol–water partition coefficient (Wildman–Crippen LogP) is 5.12. The summed E-state index contributed by atoms with van der Waals surface area (Å²) in [6.45, 7) is 4.70. The van der Waals surface area contributed by atoms with Crippen LogP contribution >= 0.6 is 0 Å². The molecule has 0 radical (unpaired) electrons. The van der Waals surface area contributed by atoms with Gasteiger partial charge in [0.2, 0.25) is 0 Å². The third-order valence-electron chi connectivity index (χ3n) is 4.67. The Labute approximate surface area is 187 Å². The monoisotopic (exact) mass is 437 g/mol. The fraction of sp³-hybridized carbons (Fsp3) is 0.240. The summed E-state index contributed by atoms with van der Waals surface area (Å²) >= 11 is 0. The minimum absolute atomic E-state index is 0.292. The van der Waals surface area contributed by atoms with Crippen molar-refractivity contribution in [2.45, 2.75) is 26.7 Å². The van der Waals surface area contributed by atoms with Gasteiger partial charge in [0, 0.05) is 28.7 Å². The number of halogens is 1. The SMILES string of the molecule is CCC/C=C(/C=C(N)\C=C(/C)C(=O)Nc1ccc2c(c1)OCCO2)Nc1ccccc1F. The molecule has 0 bridgehead atoms. The van der Waals surface area contributed by atoms with Gasteiger partial charge in [0.1, 0.15) is 19.0 Å². The summed E-state index contributed by atoms with van der Waals surface area (Å²) in [5.41, 5.74) is 8.56. The molecule has 0 unspecified atom stereocenters. The lowest BCUT2D eigenvalue weighted by atomic mass is 10.2. The molecule has 32 heavy (non-hydrogen) atoms. The Kier molecular flexibility index (Phi) is 7.91. The first kappa shape index (κ1) is 22.9. The van der Waals surface area contributed by atoms with Crippen molar-refractivity contribution < 1.29 is 18.7 Å². The van der Waals surface area contributed by atoms with Crippen molar-refractivity contribution in [1.82, 2.24) is 0 Å². The number of carbonyl (C=O) groups is 1. The molecular weight excluding hydrogens is 409 g/mol. The smallest absolute Gasteiger partial charge is 0.251 e. The zero-order chi connectivity index (χ0) is 22.9. The first-order valence-corrected chi connectivity index (χ1v) is 10.5. The van der Waals surface area contributed by atoms with Gasteiger partial charge in [-0.3, -0.25) is 4.79 Å².